The van der Waals surface area contributed by atoms with Crippen LogP contribution in [0.5, 0.6) is 11.5 Å². The van der Waals surface area contributed by atoms with Gasteiger partial charge in [0.1, 0.15) is 17.5 Å². The summed E-state index contributed by atoms with van der Waals surface area (Å²) in [7, 11) is 1.60. The summed E-state index contributed by atoms with van der Waals surface area (Å²) in [6.07, 6.45) is 0. The predicted molar refractivity (Wildman–Crippen MR) is 135 cm³/mol. The van der Waals surface area contributed by atoms with Crippen molar-refractivity contribution >= 4 is 27.7 Å². The molecule has 0 heterocycles. The van der Waals surface area contributed by atoms with E-state index in [2.05, 4.69) is 35.1 Å². The molecule has 0 saturated carbocycles. The van der Waals surface area contributed by atoms with Crippen molar-refractivity contribution in [1.82, 2.24) is 10.2 Å². The standard InChI is InChI=1S/C26H35BrN2O4/c1-17(2)14-28-26(31)19(5)29(15-20-8-7-9-22(12-20)32-6)25(30)16-33-24-11-10-21(18(3)4)13-23(24)27/h7-13,17-19H,14-16H2,1-6H3,(H,28,31)/t19-/m0/s1. The van der Waals surface area contributed by atoms with Crippen LogP contribution in [-0.2, 0) is 16.1 Å². The molecule has 2 aromatic carbocycles. The summed E-state index contributed by atoms with van der Waals surface area (Å²) in [5.41, 5.74) is 2.05. The van der Waals surface area contributed by atoms with Crippen LogP contribution in [0.1, 0.15) is 51.7 Å². The molecule has 0 unspecified atom stereocenters. The van der Waals surface area contributed by atoms with Gasteiger partial charge in [0, 0.05) is 13.1 Å². The van der Waals surface area contributed by atoms with Crippen molar-refractivity contribution in [3.63, 3.8) is 0 Å². The maximum Gasteiger partial charge on any atom is 0.261 e. The van der Waals surface area contributed by atoms with Crippen molar-refractivity contribution in [2.75, 3.05) is 20.3 Å². The number of carbonyl (C=O) groups is 2. The molecule has 0 aliphatic heterocycles. The zero-order chi connectivity index (χ0) is 24.5. The van der Waals surface area contributed by atoms with Gasteiger partial charge in [0.2, 0.25) is 5.91 Å². The second kappa shape index (κ2) is 12.6. The Hall–Kier alpha value is -2.54. The summed E-state index contributed by atoms with van der Waals surface area (Å²) in [6, 6.07) is 12.7. The number of ether oxygens (including phenoxy) is 2. The number of benzene rings is 2. The van der Waals surface area contributed by atoms with Gasteiger partial charge in [-0.15, -0.1) is 0 Å². The molecule has 0 bridgehead atoms. The molecule has 0 aromatic heterocycles. The Bertz CT molecular complexity index is 946. The van der Waals surface area contributed by atoms with E-state index < -0.39 is 6.04 Å². The van der Waals surface area contributed by atoms with Crippen LogP contribution in [0, 0.1) is 5.92 Å². The molecule has 0 fully saturated rings. The second-order valence-corrected chi connectivity index (χ2v) is 9.68. The molecule has 0 aliphatic carbocycles. The molecule has 0 saturated heterocycles. The molecule has 180 valence electrons. The molecule has 0 aliphatic rings. The van der Waals surface area contributed by atoms with Crippen LogP contribution < -0.4 is 14.8 Å². The molecular formula is C26H35BrN2O4. The van der Waals surface area contributed by atoms with Gasteiger partial charge in [0.05, 0.1) is 11.6 Å². The van der Waals surface area contributed by atoms with Gasteiger partial charge in [-0.05, 0) is 70.1 Å². The van der Waals surface area contributed by atoms with Gasteiger partial charge in [-0.3, -0.25) is 9.59 Å². The number of hydrogen-bond donors (Lipinski definition) is 1. The van der Waals surface area contributed by atoms with Gasteiger partial charge >= 0.3 is 0 Å². The first-order chi connectivity index (χ1) is 15.6. The van der Waals surface area contributed by atoms with Crippen LogP contribution in [0.15, 0.2) is 46.9 Å². The fraction of sp³-hybridized carbons (Fsp3) is 0.462. The molecular weight excluding hydrogens is 484 g/mol. The zero-order valence-corrected chi connectivity index (χ0v) is 21.9. The van der Waals surface area contributed by atoms with E-state index in [1.165, 1.54) is 5.56 Å². The van der Waals surface area contributed by atoms with Gasteiger partial charge in [-0.25, -0.2) is 0 Å². The van der Waals surface area contributed by atoms with Crippen LogP contribution in [0.25, 0.3) is 0 Å². The van der Waals surface area contributed by atoms with Gasteiger partial charge in [-0.1, -0.05) is 45.9 Å². The van der Waals surface area contributed by atoms with E-state index in [9.17, 15) is 9.59 Å². The third-order valence-corrected chi connectivity index (χ3v) is 5.93. The first kappa shape index (κ1) is 26.7. The number of methoxy groups -OCH3 is 1. The summed E-state index contributed by atoms with van der Waals surface area (Å²) in [4.78, 5) is 27.5. The largest absolute Gasteiger partial charge is 0.497 e. The molecule has 2 rings (SSSR count). The fourth-order valence-electron chi connectivity index (χ4n) is 3.22. The SMILES string of the molecule is COc1cccc(CN(C(=O)COc2ccc(C(C)C)cc2Br)[C@@H](C)C(=O)NCC(C)C)c1. The average Bonchev–Trinajstić information content (AvgIpc) is 2.79. The summed E-state index contributed by atoms with van der Waals surface area (Å²) < 4.78 is 11.9. The maximum absolute atomic E-state index is 13.2. The summed E-state index contributed by atoms with van der Waals surface area (Å²) in [5, 5.41) is 2.92. The summed E-state index contributed by atoms with van der Waals surface area (Å²) in [5.74, 6) is 1.53. The minimum atomic E-state index is -0.655. The fourth-order valence-corrected chi connectivity index (χ4v) is 3.73. The number of amides is 2. The van der Waals surface area contributed by atoms with E-state index in [1.54, 1.807) is 18.9 Å². The molecule has 33 heavy (non-hydrogen) atoms. The normalized spacial score (nSPS) is 11.9. The second-order valence-electron chi connectivity index (χ2n) is 8.82. The Morgan fingerprint density at radius 2 is 1.79 bits per heavy atom. The smallest absolute Gasteiger partial charge is 0.261 e. The summed E-state index contributed by atoms with van der Waals surface area (Å²) >= 11 is 3.53. The van der Waals surface area contributed by atoms with Crippen LogP contribution in [0.2, 0.25) is 0 Å². The van der Waals surface area contributed by atoms with E-state index in [0.29, 0.717) is 29.9 Å². The van der Waals surface area contributed by atoms with Crippen molar-refractivity contribution < 1.29 is 19.1 Å². The zero-order valence-electron chi connectivity index (χ0n) is 20.4. The minimum absolute atomic E-state index is 0.175. The van der Waals surface area contributed by atoms with Gasteiger partial charge in [-0.2, -0.15) is 0 Å². The van der Waals surface area contributed by atoms with E-state index in [-0.39, 0.29) is 25.0 Å². The molecule has 1 atom stereocenters. The van der Waals surface area contributed by atoms with Gasteiger partial charge < -0.3 is 19.7 Å². The van der Waals surface area contributed by atoms with Crippen LogP contribution >= 0.6 is 15.9 Å². The highest BCUT2D eigenvalue weighted by molar-refractivity contribution is 9.10. The van der Waals surface area contributed by atoms with Crippen molar-refractivity contribution in [3.05, 3.63) is 58.1 Å². The summed E-state index contributed by atoms with van der Waals surface area (Å²) in [6.45, 7) is 10.7. The average molecular weight is 519 g/mol. The van der Waals surface area contributed by atoms with Crippen molar-refractivity contribution in [2.24, 2.45) is 5.92 Å². The lowest BCUT2D eigenvalue weighted by Crippen LogP contribution is -2.49. The highest BCUT2D eigenvalue weighted by atomic mass is 79.9. The predicted octanol–water partition coefficient (Wildman–Crippen LogP) is 5.15. The van der Waals surface area contributed by atoms with Crippen LogP contribution in [0.4, 0.5) is 0 Å². The lowest BCUT2D eigenvalue weighted by atomic mass is 10.0. The van der Waals surface area contributed by atoms with E-state index in [4.69, 9.17) is 9.47 Å². The minimum Gasteiger partial charge on any atom is -0.497 e. The van der Waals surface area contributed by atoms with Crippen LogP contribution in [-0.4, -0.2) is 43.0 Å². The number of hydrogen-bond acceptors (Lipinski definition) is 4. The Morgan fingerprint density at radius 3 is 2.39 bits per heavy atom. The van der Waals surface area contributed by atoms with Gasteiger partial charge in [0.25, 0.3) is 5.91 Å². The monoisotopic (exact) mass is 518 g/mol. The van der Waals surface area contributed by atoms with E-state index in [1.807, 2.05) is 56.3 Å². The lowest BCUT2D eigenvalue weighted by Gasteiger charge is -2.29. The van der Waals surface area contributed by atoms with Gasteiger partial charge in [0.15, 0.2) is 6.61 Å². The van der Waals surface area contributed by atoms with Crippen molar-refractivity contribution in [3.8, 4) is 11.5 Å². The Kier molecular flexibility index (Phi) is 10.2. The van der Waals surface area contributed by atoms with Crippen LogP contribution in [0.3, 0.4) is 0 Å². The first-order valence-corrected chi connectivity index (χ1v) is 12.0. The third-order valence-electron chi connectivity index (χ3n) is 5.31. The van der Waals surface area contributed by atoms with Crippen molar-refractivity contribution in [1.29, 1.82) is 0 Å². The Balaban J connectivity index is 2.18. The molecule has 2 amide bonds. The quantitative estimate of drug-likeness (QED) is 0.446. The number of halogens is 1. The number of nitrogens with one attached hydrogen (secondary N) is 1. The Morgan fingerprint density at radius 1 is 1.06 bits per heavy atom. The van der Waals surface area contributed by atoms with Crippen molar-refractivity contribution in [2.45, 2.75) is 53.1 Å². The number of rotatable bonds is 11. The topological polar surface area (TPSA) is 67.9 Å². The maximum atomic E-state index is 13.2. The number of nitrogens with zero attached hydrogens (tertiary/aromatic N) is 1. The first-order valence-electron chi connectivity index (χ1n) is 11.2. The Labute approximate surface area is 205 Å². The van der Waals surface area contributed by atoms with E-state index >= 15 is 0 Å². The highest BCUT2D eigenvalue weighted by Crippen LogP contribution is 2.29. The lowest BCUT2D eigenvalue weighted by molar-refractivity contribution is -0.142. The molecule has 7 heteroatoms. The number of carbonyl (C=O) groups excluding carboxylic acids is 2. The molecule has 1 N–H and O–H groups in total. The molecule has 0 radical (unpaired) electrons. The highest BCUT2D eigenvalue weighted by Gasteiger charge is 2.27. The third kappa shape index (κ3) is 8.07. The molecule has 0 spiro atoms. The molecule has 6 nitrogen and oxygen atoms in total. The van der Waals surface area contributed by atoms with E-state index in [0.717, 1.165) is 10.0 Å². The molecule has 2 aromatic rings.